The zero-order chi connectivity index (χ0) is 42.5. The van der Waals surface area contributed by atoms with Crippen molar-refractivity contribution < 1.29 is 79.6 Å². The number of carbonyl (C=O) groups excluding carboxylic acids is 1. The van der Waals surface area contributed by atoms with Crippen LogP contribution in [0.25, 0.3) is 0 Å². The zero-order valence-electron chi connectivity index (χ0n) is 34.3. The number of carbonyl (C=O) groups is 2. The fourth-order valence-corrected chi connectivity index (χ4v) is 13.4. The van der Waals surface area contributed by atoms with Gasteiger partial charge < -0.3 is 70.0 Å². The molecule has 2 aliphatic heterocycles. The normalized spacial score (nSPS) is 54.2. The average molecular weight is 827 g/mol. The number of aliphatic hydroxyl groups is 9. The quantitative estimate of drug-likeness (QED) is 0.117. The van der Waals surface area contributed by atoms with E-state index in [9.17, 15) is 60.7 Å². The zero-order valence-corrected chi connectivity index (χ0v) is 34.3. The molecule has 7 aliphatic rings. The van der Waals surface area contributed by atoms with E-state index < -0.39 is 114 Å². The smallest absolute Gasteiger partial charge is 0.315 e. The number of carboxylic acids is 1. The van der Waals surface area contributed by atoms with Crippen molar-refractivity contribution in [3.8, 4) is 0 Å². The Morgan fingerprint density at radius 2 is 1.36 bits per heavy atom. The Kier molecular flexibility index (Phi) is 11.6. The summed E-state index contributed by atoms with van der Waals surface area (Å²) in [6.45, 7) is 9.18. The van der Waals surface area contributed by atoms with Crippen molar-refractivity contribution in [2.75, 3.05) is 19.8 Å². The molecule has 16 nitrogen and oxygen atoms in total. The van der Waals surface area contributed by atoms with E-state index in [1.807, 2.05) is 6.92 Å². The highest BCUT2D eigenvalue weighted by atomic mass is 16.7. The third-order valence-corrected chi connectivity index (χ3v) is 17.6. The first-order valence-corrected chi connectivity index (χ1v) is 21.1. The van der Waals surface area contributed by atoms with Crippen LogP contribution in [-0.2, 0) is 28.5 Å². The Balaban J connectivity index is 1.15. The second-order valence-electron chi connectivity index (χ2n) is 20.3. The van der Waals surface area contributed by atoms with Crippen molar-refractivity contribution >= 4 is 11.9 Å². The molecule has 58 heavy (non-hydrogen) atoms. The highest BCUT2D eigenvalue weighted by molar-refractivity contribution is 5.79. The van der Waals surface area contributed by atoms with Crippen LogP contribution in [-0.4, -0.2) is 150 Å². The van der Waals surface area contributed by atoms with Crippen LogP contribution in [0, 0.1) is 50.2 Å². The van der Waals surface area contributed by atoms with Gasteiger partial charge in [0.05, 0.1) is 30.1 Å². The molecule has 2 saturated heterocycles. The van der Waals surface area contributed by atoms with Gasteiger partial charge in [-0.25, -0.2) is 0 Å². The summed E-state index contributed by atoms with van der Waals surface area (Å²) in [5, 5.41) is 105. The van der Waals surface area contributed by atoms with Gasteiger partial charge in [0.25, 0.3) is 0 Å². The van der Waals surface area contributed by atoms with Crippen LogP contribution in [0.5, 0.6) is 0 Å². The summed E-state index contributed by atoms with van der Waals surface area (Å²) in [5.41, 5.74) is -2.73. The number of hydrogen-bond donors (Lipinski definition) is 10. The van der Waals surface area contributed by atoms with Gasteiger partial charge in [0.1, 0.15) is 48.8 Å². The number of aliphatic carboxylic acids is 1. The first-order valence-electron chi connectivity index (χ1n) is 21.1. The molecule has 0 aromatic rings. The maximum absolute atomic E-state index is 14.8. The third kappa shape index (κ3) is 6.37. The first-order chi connectivity index (χ1) is 27.1. The summed E-state index contributed by atoms with van der Waals surface area (Å²) in [6, 6.07) is 0. The van der Waals surface area contributed by atoms with Crippen LogP contribution in [0.1, 0.15) is 98.8 Å². The van der Waals surface area contributed by atoms with Gasteiger partial charge in [0.15, 0.2) is 6.29 Å². The predicted molar refractivity (Wildman–Crippen MR) is 201 cm³/mol. The molecule has 7 rings (SSSR count). The molecule has 0 radical (unpaired) electrons. The van der Waals surface area contributed by atoms with E-state index >= 15 is 0 Å². The molecule has 10 N–H and O–H groups in total. The standard InChI is InChI=1S/C42H66O16/c1-37(19-44)12-14-42(36(54)58-34-32(51)30(49)28(47)23(57-34)18-55-33-31(50)29(48)27(46)22(17-43)56-33)15-13-39(3)20(21(42)16-37)6-7-24-38(2)10-9-26(45)41(5,35(52)53)25(38)8-11-40(24,39)4/h6,21-34,43-51H,7-19H2,1-5H3,(H,52,53)/t21-,22-,23-,24-,25+,26-,27-,28-,29+,30+,31-,32-,33+,34+,37-,38+,39+,40-,41-,42+/m1/s1. The number of hydrogen-bond acceptors (Lipinski definition) is 15. The Morgan fingerprint density at radius 3 is 2.00 bits per heavy atom. The summed E-state index contributed by atoms with van der Waals surface area (Å²) >= 11 is 0. The van der Waals surface area contributed by atoms with Gasteiger partial charge in [-0.1, -0.05) is 39.3 Å². The molecule has 0 aromatic carbocycles. The van der Waals surface area contributed by atoms with Crippen LogP contribution in [0.15, 0.2) is 11.6 Å². The van der Waals surface area contributed by atoms with Crippen LogP contribution < -0.4 is 0 Å². The Morgan fingerprint density at radius 1 is 0.741 bits per heavy atom. The summed E-state index contributed by atoms with van der Waals surface area (Å²) < 4.78 is 22.9. The maximum atomic E-state index is 14.8. The highest BCUT2D eigenvalue weighted by Crippen LogP contribution is 2.76. The number of fused-ring (bicyclic) bond motifs is 7. The molecule has 330 valence electrons. The van der Waals surface area contributed by atoms with Gasteiger partial charge in [-0.15, -0.1) is 0 Å². The van der Waals surface area contributed by atoms with Crippen molar-refractivity contribution in [3.63, 3.8) is 0 Å². The van der Waals surface area contributed by atoms with E-state index in [0.29, 0.717) is 57.8 Å². The summed E-state index contributed by atoms with van der Waals surface area (Å²) in [6.07, 6.45) is -9.48. The molecule has 16 heteroatoms. The second-order valence-corrected chi connectivity index (χ2v) is 20.3. The van der Waals surface area contributed by atoms with Gasteiger partial charge in [-0.2, -0.15) is 0 Å². The SMILES string of the molecule is C[C@@]1(CO)CC[C@]2(C(=O)O[C@@H]3O[C@H](CO[C@H]4O[C@H](CO)[C@@H](O)[C@H](O)[C@H]4O)[C@@H](O)[C@H](O)[C@H]3O)CC[C@@]3(C)C(=CC[C@@H]4[C@]5(C)CC[C@@H](O)[C@](C)(C(=O)O)[C@H]5CC[C@]43C)[C@H]2C1. The molecule has 0 aromatic heterocycles. The second kappa shape index (κ2) is 15.2. The van der Waals surface area contributed by atoms with Gasteiger partial charge >= 0.3 is 11.9 Å². The highest BCUT2D eigenvalue weighted by Gasteiger charge is 2.71. The van der Waals surface area contributed by atoms with E-state index in [0.717, 1.165) is 12.0 Å². The van der Waals surface area contributed by atoms with Gasteiger partial charge in [-0.05, 0) is 111 Å². The molecule has 0 bridgehead atoms. The Bertz CT molecular complexity index is 1610. The van der Waals surface area contributed by atoms with Gasteiger partial charge in [0, 0.05) is 6.61 Å². The number of aliphatic hydroxyl groups excluding tert-OH is 9. The fourth-order valence-electron chi connectivity index (χ4n) is 13.4. The van der Waals surface area contributed by atoms with Crippen LogP contribution in [0.2, 0.25) is 0 Å². The van der Waals surface area contributed by atoms with Crippen molar-refractivity contribution in [1.29, 1.82) is 0 Å². The minimum atomic E-state index is -1.84. The largest absolute Gasteiger partial charge is 0.481 e. The summed E-state index contributed by atoms with van der Waals surface area (Å²) in [7, 11) is 0. The molecule has 20 atom stereocenters. The molecule has 0 amide bonds. The number of rotatable bonds is 8. The van der Waals surface area contributed by atoms with Crippen LogP contribution in [0.3, 0.4) is 0 Å². The van der Waals surface area contributed by atoms with Crippen molar-refractivity contribution in [1.82, 2.24) is 0 Å². The molecule has 0 spiro atoms. The maximum Gasteiger partial charge on any atom is 0.315 e. The van der Waals surface area contributed by atoms with Crippen molar-refractivity contribution in [2.24, 2.45) is 50.2 Å². The lowest BCUT2D eigenvalue weighted by Gasteiger charge is -2.71. The molecule has 0 unspecified atom stereocenters. The minimum absolute atomic E-state index is 0.0843. The molecule has 4 saturated carbocycles. The predicted octanol–water partition coefficient (Wildman–Crippen LogP) is 0.353. The monoisotopic (exact) mass is 826 g/mol. The van der Waals surface area contributed by atoms with E-state index in [1.54, 1.807) is 6.92 Å². The minimum Gasteiger partial charge on any atom is -0.481 e. The lowest BCUT2D eigenvalue weighted by molar-refractivity contribution is -0.328. The molecule has 5 aliphatic carbocycles. The lowest BCUT2D eigenvalue weighted by Crippen LogP contribution is -2.66. The van der Waals surface area contributed by atoms with E-state index in [-0.39, 0.29) is 35.2 Å². The van der Waals surface area contributed by atoms with Crippen LogP contribution >= 0.6 is 0 Å². The molecular weight excluding hydrogens is 760 g/mol. The molecule has 6 fully saturated rings. The topological polar surface area (TPSA) is 273 Å². The van der Waals surface area contributed by atoms with E-state index in [2.05, 4.69) is 26.8 Å². The van der Waals surface area contributed by atoms with E-state index in [1.165, 1.54) is 0 Å². The van der Waals surface area contributed by atoms with Crippen LogP contribution in [0.4, 0.5) is 0 Å². The summed E-state index contributed by atoms with van der Waals surface area (Å²) in [5.74, 6) is -2.06. The van der Waals surface area contributed by atoms with Gasteiger partial charge in [-0.3, -0.25) is 9.59 Å². The van der Waals surface area contributed by atoms with E-state index in [4.69, 9.17) is 18.9 Å². The number of carboxylic acid groups (broad SMARTS) is 1. The fraction of sp³-hybridized carbons (Fsp3) is 0.905. The first kappa shape index (κ1) is 44.3. The summed E-state index contributed by atoms with van der Waals surface area (Å²) in [4.78, 5) is 27.6. The van der Waals surface area contributed by atoms with Crippen molar-refractivity contribution in [2.45, 2.75) is 166 Å². The van der Waals surface area contributed by atoms with Crippen molar-refractivity contribution in [3.05, 3.63) is 11.6 Å². The average Bonchev–Trinajstić information content (AvgIpc) is 3.19. The lowest BCUT2D eigenvalue weighted by atomic mass is 9.33. The molecular formula is C42H66O16. The number of allylic oxidation sites excluding steroid dienone is 2. The third-order valence-electron chi connectivity index (χ3n) is 17.6. The Labute approximate surface area is 339 Å². The number of esters is 1. The number of ether oxygens (including phenoxy) is 4. The Hall–Kier alpha value is -1.80. The molecule has 2 heterocycles. The van der Waals surface area contributed by atoms with Gasteiger partial charge in [0.2, 0.25) is 6.29 Å².